The normalized spacial score (nSPS) is 9.47. The Kier molecular flexibility index (Phi) is 4.01. The van der Waals surface area contributed by atoms with E-state index in [0.29, 0.717) is 0 Å². The molecule has 0 saturated carbocycles. The van der Waals surface area contributed by atoms with Gasteiger partial charge in [-0.3, -0.25) is 9.59 Å². The lowest BCUT2D eigenvalue weighted by molar-refractivity contribution is -0.145. The SMILES string of the molecule is N#Cc1ccc(OC(=O)CC(=O)O)c(Cl)c1F. The molecule has 0 radical (unpaired) electrons. The second-order valence-corrected chi connectivity index (χ2v) is 3.27. The van der Waals surface area contributed by atoms with Gasteiger partial charge in [0.2, 0.25) is 0 Å². The minimum atomic E-state index is -1.37. The average molecular weight is 258 g/mol. The van der Waals surface area contributed by atoms with Crippen molar-refractivity contribution < 1.29 is 23.8 Å². The van der Waals surface area contributed by atoms with Gasteiger partial charge in [-0.05, 0) is 12.1 Å². The van der Waals surface area contributed by atoms with E-state index in [1.165, 1.54) is 0 Å². The number of aliphatic carboxylic acids is 1. The van der Waals surface area contributed by atoms with E-state index in [4.69, 9.17) is 22.0 Å². The molecular formula is C10H5ClFNO4. The van der Waals surface area contributed by atoms with Gasteiger partial charge in [0, 0.05) is 0 Å². The maximum absolute atomic E-state index is 13.3. The number of carboxylic acid groups (broad SMARTS) is 1. The molecule has 0 spiro atoms. The Hall–Kier alpha value is -2.13. The highest BCUT2D eigenvalue weighted by molar-refractivity contribution is 6.32. The zero-order chi connectivity index (χ0) is 13.0. The van der Waals surface area contributed by atoms with Crippen LogP contribution in [0.2, 0.25) is 5.02 Å². The number of carbonyl (C=O) groups excluding carboxylic acids is 1. The molecule has 1 aromatic rings. The summed E-state index contributed by atoms with van der Waals surface area (Å²) in [5, 5.41) is 16.3. The lowest BCUT2D eigenvalue weighted by Crippen LogP contribution is -2.13. The van der Waals surface area contributed by atoms with E-state index in [2.05, 4.69) is 4.74 Å². The average Bonchev–Trinajstić information content (AvgIpc) is 2.24. The molecular weight excluding hydrogens is 253 g/mol. The van der Waals surface area contributed by atoms with Crippen molar-refractivity contribution >= 4 is 23.5 Å². The van der Waals surface area contributed by atoms with Gasteiger partial charge < -0.3 is 9.84 Å². The van der Waals surface area contributed by atoms with Crippen LogP contribution in [-0.2, 0) is 9.59 Å². The summed E-state index contributed by atoms with van der Waals surface area (Å²) >= 11 is 5.51. The summed E-state index contributed by atoms with van der Waals surface area (Å²) in [5.41, 5.74) is -0.298. The highest BCUT2D eigenvalue weighted by atomic mass is 35.5. The number of carboxylic acids is 1. The van der Waals surface area contributed by atoms with Crippen LogP contribution in [0.1, 0.15) is 12.0 Å². The summed E-state index contributed by atoms with van der Waals surface area (Å²) < 4.78 is 17.8. The molecule has 5 nitrogen and oxygen atoms in total. The van der Waals surface area contributed by atoms with Gasteiger partial charge in [-0.15, -0.1) is 0 Å². The van der Waals surface area contributed by atoms with Gasteiger partial charge in [0.1, 0.15) is 17.5 Å². The summed E-state index contributed by atoms with van der Waals surface area (Å²) in [5.74, 6) is -3.80. The minimum absolute atomic E-state index is 0.298. The number of esters is 1. The molecule has 1 rings (SSSR count). The van der Waals surface area contributed by atoms with Gasteiger partial charge in [0.25, 0.3) is 0 Å². The van der Waals surface area contributed by atoms with E-state index in [9.17, 15) is 14.0 Å². The minimum Gasteiger partial charge on any atom is -0.481 e. The Bertz CT molecular complexity index is 524. The van der Waals surface area contributed by atoms with E-state index in [1.54, 1.807) is 6.07 Å². The number of benzene rings is 1. The first-order chi connectivity index (χ1) is 7.95. The summed E-state index contributed by atoms with van der Waals surface area (Å²) in [7, 11) is 0. The number of nitriles is 1. The molecule has 0 amide bonds. The third-order valence-corrected chi connectivity index (χ3v) is 2.04. The Morgan fingerprint density at radius 1 is 1.53 bits per heavy atom. The van der Waals surface area contributed by atoms with E-state index in [-0.39, 0.29) is 11.3 Å². The van der Waals surface area contributed by atoms with Crippen molar-refractivity contribution in [3.05, 3.63) is 28.5 Å². The first-order valence-corrected chi connectivity index (χ1v) is 4.64. The van der Waals surface area contributed by atoms with E-state index in [1.807, 2.05) is 0 Å². The number of hydrogen-bond donors (Lipinski definition) is 1. The lowest BCUT2D eigenvalue weighted by Gasteiger charge is -2.06. The van der Waals surface area contributed by atoms with Gasteiger partial charge in [-0.2, -0.15) is 5.26 Å². The fourth-order valence-electron chi connectivity index (χ4n) is 0.979. The molecule has 0 saturated heterocycles. The number of ether oxygens (including phenoxy) is 1. The zero-order valence-corrected chi connectivity index (χ0v) is 8.99. The zero-order valence-electron chi connectivity index (χ0n) is 8.24. The van der Waals surface area contributed by atoms with Crippen LogP contribution in [-0.4, -0.2) is 17.0 Å². The van der Waals surface area contributed by atoms with Gasteiger partial charge in [-0.25, -0.2) is 4.39 Å². The van der Waals surface area contributed by atoms with Crippen molar-refractivity contribution in [2.45, 2.75) is 6.42 Å². The fraction of sp³-hybridized carbons (Fsp3) is 0.100. The number of rotatable bonds is 3. The molecule has 0 aliphatic carbocycles. The van der Waals surface area contributed by atoms with Crippen LogP contribution >= 0.6 is 11.6 Å². The smallest absolute Gasteiger partial charge is 0.322 e. The molecule has 17 heavy (non-hydrogen) atoms. The molecule has 0 fully saturated rings. The quantitative estimate of drug-likeness (QED) is 0.506. The fourth-order valence-corrected chi connectivity index (χ4v) is 1.18. The van der Waals surface area contributed by atoms with Crippen LogP contribution in [0.25, 0.3) is 0 Å². The number of nitrogens with zero attached hydrogens (tertiary/aromatic N) is 1. The predicted octanol–water partition coefficient (Wildman–Crippen LogP) is 1.73. The first kappa shape index (κ1) is 12.9. The van der Waals surface area contributed by atoms with Crippen molar-refractivity contribution in [3.63, 3.8) is 0 Å². The first-order valence-electron chi connectivity index (χ1n) is 4.26. The third-order valence-electron chi connectivity index (χ3n) is 1.69. The molecule has 1 aromatic carbocycles. The van der Waals surface area contributed by atoms with Gasteiger partial charge in [-0.1, -0.05) is 11.6 Å². The summed E-state index contributed by atoms with van der Waals surface area (Å²) in [6.07, 6.45) is -0.863. The molecule has 0 bridgehead atoms. The van der Waals surface area contributed by atoms with Crippen LogP contribution in [0.4, 0.5) is 4.39 Å². The third kappa shape index (κ3) is 3.16. The van der Waals surface area contributed by atoms with E-state index < -0.39 is 29.2 Å². The Morgan fingerprint density at radius 3 is 2.71 bits per heavy atom. The second kappa shape index (κ2) is 5.27. The second-order valence-electron chi connectivity index (χ2n) is 2.90. The Balaban J connectivity index is 2.94. The number of carbonyl (C=O) groups is 2. The standard InChI is InChI=1S/C10H5ClFNO4/c11-9-6(17-8(16)3-7(14)15)2-1-5(4-13)10(9)12/h1-2H,3H2,(H,14,15). The van der Waals surface area contributed by atoms with Crippen LogP contribution < -0.4 is 4.74 Å². The maximum atomic E-state index is 13.3. The summed E-state index contributed by atoms with van der Waals surface area (Å²) in [6.45, 7) is 0. The van der Waals surface area contributed by atoms with Crippen molar-refractivity contribution in [1.82, 2.24) is 0 Å². The van der Waals surface area contributed by atoms with Crippen molar-refractivity contribution in [2.75, 3.05) is 0 Å². The maximum Gasteiger partial charge on any atom is 0.322 e. The van der Waals surface area contributed by atoms with Crippen LogP contribution in [0.5, 0.6) is 5.75 Å². The number of halogens is 2. The molecule has 1 N–H and O–H groups in total. The van der Waals surface area contributed by atoms with Gasteiger partial charge >= 0.3 is 11.9 Å². The van der Waals surface area contributed by atoms with E-state index >= 15 is 0 Å². The Morgan fingerprint density at radius 2 is 2.18 bits per heavy atom. The van der Waals surface area contributed by atoms with Crippen LogP contribution in [0.3, 0.4) is 0 Å². The van der Waals surface area contributed by atoms with Crippen LogP contribution in [0.15, 0.2) is 12.1 Å². The molecule has 7 heteroatoms. The van der Waals surface area contributed by atoms with Crippen molar-refractivity contribution in [1.29, 1.82) is 5.26 Å². The van der Waals surface area contributed by atoms with Gasteiger partial charge in [0.15, 0.2) is 11.6 Å². The molecule has 0 aromatic heterocycles. The highest BCUT2D eigenvalue weighted by Crippen LogP contribution is 2.29. The monoisotopic (exact) mass is 257 g/mol. The Labute approximate surface area is 100.0 Å². The predicted molar refractivity (Wildman–Crippen MR) is 54.0 cm³/mol. The highest BCUT2D eigenvalue weighted by Gasteiger charge is 2.16. The molecule has 88 valence electrons. The molecule has 0 unspecified atom stereocenters. The molecule has 0 atom stereocenters. The number of hydrogen-bond acceptors (Lipinski definition) is 4. The molecule has 0 heterocycles. The largest absolute Gasteiger partial charge is 0.481 e. The van der Waals surface area contributed by atoms with Crippen molar-refractivity contribution in [3.8, 4) is 11.8 Å². The molecule has 0 aliphatic heterocycles. The molecule has 0 aliphatic rings. The summed E-state index contributed by atoms with van der Waals surface area (Å²) in [4.78, 5) is 21.2. The lowest BCUT2D eigenvalue weighted by atomic mass is 10.2. The topological polar surface area (TPSA) is 87.4 Å². The van der Waals surface area contributed by atoms with Crippen molar-refractivity contribution in [2.24, 2.45) is 0 Å². The van der Waals surface area contributed by atoms with Crippen LogP contribution in [0, 0.1) is 17.1 Å². The summed E-state index contributed by atoms with van der Waals surface area (Å²) in [6, 6.07) is 3.74. The van der Waals surface area contributed by atoms with Gasteiger partial charge in [0.05, 0.1) is 5.56 Å². The van der Waals surface area contributed by atoms with E-state index in [0.717, 1.165) is 12.1 Å².